The molecule has 0 spiro atoms. The predicted molar refractivity (Wildman–Crippen MR) is 126 cm³/mol. The maximum atomic E-state index is 6.12. The van der Waals surface area contributed by atoms with Crippen LogP contribution >= 0.6 is 0 Å². The number of benzene rings is 1. The Hall–Kier alpha value is -3.02. The quantitative estimate of drug-likeness (QED) is 0.526. The van der Waals surface area contributed by atoms with Gasteiger partial charge in [-0.05, 0) is 84.6 Å². The van der Waals surface area contributed by atoms with Gasteiger partial charge in [0.25, 0.3) is 0 Å². The van der Waals surface area contributed by atoms with Crippen LogP contribution in [0.2, 0.25) is 0 Å². The lowest BCUT2D eigenvalue weighted by Gasteiger charge is -2.13. The minimum atomic E-state index is 0.639. The van der Waals surface area contributed by atoms with E-state index in [1.807, 2.05) is 36.8 Å². The van der Waals surface area contributed by atoms with Gasteiger partial charge in [-0.2, -0.15) is 0 Å². The van der Waals surface area contributed by atoms with Crippen molar-refractivity contribution in [2.75, 3.05) is 26.2 Å². The summed E-state index contributed by atoms with van der Waals surface area (Å²) >= 11 is 0. The molecule has 1 aliphatic heterocycles. The summed E-state index contributed by atoms with van der Waals surface area (Å²) in [6, 6.07) is 14.5. The molecule has 2 N–H and O–H groups in total. The molecule has 1 saturated heterocycles. The molecule has 5 nitrogen and oxygen atoms in total. The molecule has 4 rings (SSSR count). The smallest absolute Gasteiger partial charge is 0.120 e. The van der Waals surface area contributed by atoms with Gasteiger partial charge in [-0.3, -0.25) is 9.97 Å². The fourth-order valence-corrected chi connectivity index (χ4v) is 3.78. The summed E-state index contributed by atoms with van der Waals surface area (Å²) in [5, 5.41) is 7.05. The molecule has 160 valence electrons. The summed E-state index contributed by atoms with van der Waals surface area (Å²) in [6.45, 7) is 4.77. The van der Waals surface area contributed by atoms with Crippen LogP contribution in [0, 0.1) is 5.92 Å². The van der Waals surface area contributed by atoms with E-state index in [2.05, 4.69) is 57.0 Å². The maximum Gasteiger partial charge on any atom is 0.120 e. The van der Waals surface area contributed by atoms with Gasteiger partial charge in [0.2, 0.25) is 0 Å². The minimum Gasteiger partial charge on any atom is -0.493 e. The van der Waals surface area contributed by atoms with Crippen molar-refractivity contribution >= 4 is 12.2 Å². The second-order valence-electron chi connectivity index (χ2n) is 7.97. The first-order valence-corrected chi connectivity index (χ1v) is 11.0. The lowest BCUT2D eigenvalue weighted by Crippen LogP contribution is -2.24. The standard InChI is InChI=1S/C26H30N4O/c1-2-22(17-28-9-1)3-4-23-14-25(20-30-19-24-7-12-29-18-24)16-26(15-23)31-13-8-21-5-10-27-11-6-21/h1-6,9-11,14-17,24,29-30H,7-8,12-13,18-20H2/b4-3+. The average Bonchev–Trinajstić information content (AvgIpc) is 3.33. The number of rotatable bonds is 10. The second kappa shape index (κ2) is 11.4. The molecule has 1 unspecified atom stereocenters. The first kappa shape index (κ1) is 21.2. The average molecular weight is 415 g/mol. The zero-order valence-electron chi connectivity index (χ0n) is 17.8. The van der Waals surface area contributed by atoms with E-state index in [-0.39, 0.29) is 0 Å². The largest absolute Gasteiger partial charge is 0.493 e. The van der Waals surface area contributed by atoms with Crippen molar-refractivity contribution in [3.63, 3.8) is 0 Å². The molecule has 1 aromatic carbocycles. The number of nitrogens with one attached hydrogen (secondary N) is 2. The van der Waals surface area contributed by atoms with E-state index in [1.165, 1.54) is 17.5 Å². The van der Waals surface area contributed by atoms with Gasteiger partial charge in [0, 0.05) is 37.8 Å². The Labute approximate surface area is 184 Å². The van der Waals surface area contributed by atoms with E-state index in [0.29, 0.717) is 6.61 Å². The topological polar surface area (TPSA) is 59.1 Å². The number of hydrogen-bond donors (Lipinski definition) is 2. The lowest BCUT2D eigenvalue weighted by molar-refractivity contribution is 0.321. The number of nitrogens with zero attached hydrogens (tertiary/aromatic N) is 2. The van der Waals surface area contributed by atoms with Crippen LogP contribution in [0.15, 0.2) is 67.3 Å². The second-order valence-corrected chi connectivity index (χ2v) is 7.97. The van der Waals surface area contributed by atoms with Crippen molar-refractivity contribution in [3.05, 3.63) is 89.5 Å². The minimum absolute atomic E-state index is 0.639. The third kappa shape index (κ3) is 7.02. The first-order valence-electron chi connectivity index (χ1n) is 11.0. The van der Waals surface area contributed by atoms with Crippen LogP contribution in [0.3, 0.4) is 0 Å². The third-order valence-electron chi connectivity index (χ3n) is 5.47. The van der Waals surface area contributed by atoms with Crippen LogP contribution in [0.4, 0.5) is 0 Å². The molecule has 0 bridgehead atoms. The molecule has 1 fully saturated rings. The summed E-state index contributed by atoms with van der Waals surface area (Å²) in [6.07, 6.45) is 13.6. The zero-order chi connectivity index (χ0) is 21.1. The molecule has 5 heteroatoms. The van der Waals surface area contributed by atoms with Crippen LogP contribution in [0.5, 0.6) is 5.75 Å². The van der Waals surface area contributed by atoms with Crippen LogP contribution in [-0.4, -0.2) is 36.2 Å². The maximum absolute atomic E-state index is 6.12. The van der Waals surface area contributed by atoms with Crippen molar-refractivity contribution in [2.24, 2.45) is 5.92 Å². The van der Waals surface area contributed by atoms with Gasteiger partial charge in [0.05, 0.1) is 6.61 Å². The molecular weight excluding hydrogens is 384 g/mol. The summed E-state index contributed by atoms with van der Waals surface area (Å²) in [7, 11) is 0. The summed E-state index contributed by atoms with van der Waals surface area (Å²) in [4.78, 5) is 8.26. The van der Waals surface area contributed by atoms with Gasteiger partial charge >= 0.3 is 0 Å². The van der Waals surface area contributed by atoms with Crippen LogP contribution < -0.4 is 15.4 Å². The molecule has 3 aromatic rings. The molecule has 3 heterocycles. The number of hydrogen-bond acceptors (Lipinski definition) is 5. The van der Waals surface area contributed by atoms with E-state index in [9.17, 15) is 0 Å². The highest BCUT2D eigenvalue weighted by Gasteiger charge is 2.13. The summed E-state index contributed by atoms with van der Waals surface area (Å²) in [5.74, 6) is 1.63. The van der Waals surface area contributed by atoms with Gasteiger partial charge in [0.15, 0.2) is 0 Å². The predicted octanol–water partition coefficient (Wildman–Crippen LogP) is 3.97. The van der Waals surface area contributed by atoms with E-state index >= 15 is 0 Å². The van der Waals surface area contributed by atoms with E-state index in [4.69, 9.17) is 4.74 Å². The highest BCUT2D eigenvalue weighted by Crippen LogP contribution is 2.20. The molecule has 31 heavy (non-hydrogen) atoms. The third-order valence-corrected chi connectivity index (χ3v) is 5.47. The number of pyridine rings is 2. The lowest BCUT2D eigenvalue weighted by atomic mass is 10.1. The van der Waals surface area contributed by atoms with Gasteiger partial charge in [-0.25, -0.2) is 0 Å². The zero-order valence-corrected chi connectivity index (χ0v) is 17.8. The van der Waals surface area contributed by atoms with Gasteiger partial charge < -0.3 is 15.4 Å². The van der Waals surface area contributed by atoms with Crippen molar-refractivity contribution in [1.82, 2.24) is 20.6 Å². The van der Waals surface area contributed by atoms with Gasteiger partial charge in [-0.1, -0.05) is 24.3 Å². The molecule has 0 amide bonds. The Balaban J connectivity index is 1.42. The fourth-order valence-electron chi connectivity index (χ4n) is 3.78. The number of aromatic nitrogens is 2. The van der Waals surface area contributed by atoms with Gasteiger partial charge in [-0.15, -0.1) is 0 Å². The molecular formula is C26H30N4O. The highest BCUT2D eigenvalue weighted by molar-refractivity contribution is 5.70. The monoisotopic (exact) mass is 414 g/mol. The Kier molecular flexibility index (Phi) is 7.80. The Bertz CT molecular complexity index is 954. The van der Waals surface area contributed by atoms with E-state index < -0.39 is 0 Å². The Morgan fingerprint density at radius 3 is 2.71 bits per heavy atom. The highest BCUT2D eigenvalue weighted by atomic mass is 16.5. The molecule has 0 saturated carbocycles. The fraction of sp³-hybridized carbons (Fsp3) is 0.308. The first-order chi connectivity index (χ1) is 15.3. The van der Waals surface area contributed by atoms with Crippen molar-refractivity contribution in [2.45, 2.75) is 19.4 Å². The van der Waals surface area contributed by atoms with Crippen LogP contribution in [-0.2, 0) is 13.0 Å². The van der Waals surface area contributed by atoms with Crippen molar-refractivity contribution < 1.29 is 4.74 Å². The molecule has 1 aliphatic rings. The van der Waals surface area contributed by atoms with E-state index in [1.54, 1.807) is 6.20 Å². The normalized spacial score (nSPS) is 16.1. The number of ether oxygens (including phenoxy) is 1. The molecule has 1 atom stereocenters. The molecule has 0 aliphatic carbocycles. The summed E-state index contributed by atoms with van der Waals surface area (Å²) < 4.78 is 6.12. The van der Waals surface area contributed by atoms with E-state index in [0.717, 1.165) is 55.4 Å². The molecule has 2 aromatic heterocycles. The van der Waals surface area contributed by atoms with Gasteiger partial charge in [0.1, 0.15) is 5.75 Å². The Morgan fingerprint density at radius 1 is 1.00 bits per heavy atom. The molecule has 0 radical (unpaired) electrons. The Morgan fingerprint density at radius 2 is 1.90 bits per heavy atom. The SMILES string of the molecule is C(=C\c1cc(CNCC2CCNC2)cc(OCCc2ccncc2)c1)/c1cccnc1. The summed E-state index contributed by atoms with van der Waals surface area (Å²) in [5.41, 5.74) is 4.68. The van der Waals surface area contributed by atoms with Crippen LogP contribution in [0.25, 0.3) is 12.2 Å². The van der Waals surface area contributed by atoms with Crippen molar-refractivity contribution in [3.8, 4) is 5.75 Å². The van der Waals surface area contributed by atoms with Crippen LogP contribution in [0.1, 0.15) is 28.7 Å². The van der Waals surface area contributed by atoms with Crippen molar-refractivity contribution in [1.29, 1.82) is 0 Å².